The summed E-state index contributed by atoms with van der Waals surface area (Å²) in [5, 5.41) is 4.26. The molecule has 5 heteroatoms. The second-order valence-corrected chi connectivity index (χ2v) is 6.64. The fourth-order valence-corrected chi connectivity index (χ4v) is 3.92. The average Bonchev–Trinajstić information content (AvgIpc) is 2.97. The van der Waals surface area contributed by atoms with Crippen molar-refractivity contribution in [1.82, 2.24) is 14.5 Å². The summed E-state index contributed by atoms with van der Waals surface area (Å²) in [6.07, 6.45) is 7.94. The Morgan fingerprint density at radius 1 is 1.27 bits per heavy atom. The molecule has 22 heavy (non-hydrogen) atoms. The summed E-state index contributed by atoms with van der Waals surface area (Å²) < 4.78 is 7.52. The number of esters is 1. The number of nitrogens with zero attached hydrogens (tertiary/aromatic N) is 3. The molecule has 116 valence electrons. The zero-order valence-electron chi connectivity index (χ0n) is 13.0. The minimum atomic E-state index is -0.243. The van der Waals surface area contributed by atoms with E-state index >= 15 is 0 Å². The third-order valence-electron chi connectivity index (χ3n) is 5.21. The molecule has 3 atom stereocenters. The van der Waals surface area contributed by atoms with Gasteiger partial charge in [-0.1, -0.05) is 6.07 Å². The van der Waals surface area contributed by atoms with E-state index in [1.807, 2.05) is 25.3 Å². The first-order chi connectivity index (χ1) is 10.6. The van der Waals surface area contributed by atoms with Gasteiger partial charge in [0.25, 0.3) is 0 Å². The first kappa shape index (κ1) is 13.8. The molecule has 2 saturated heterocycles. The SMILES string of the molecule is Cc1ccc2c(C(=O)O[C@H]3C[C@H]4CC[C@@H](C3)N4C)cnn2c1. The maximum absolute atomic E-state index is 12.5. The molecule has 4 rings (SSSR count). The largest absolute Gasteiger partial charge is 0.459 e. The zero-order chi connectivity index (χ0) is 15.3. The van der Waals surface area contributed by atoms with Crippen LogP contribution in [0.25, 0.3) is 5.52 Å². The third kappa shape index (κ3) is 2.20. The van der Waals surface area contributed by atoms with Crippen molar-refractivity contribution in [3.63, 3.8) is 0 Å². The Bertz CT molecular complexity index is 710. The fraction of sp³-hybridized carbons (Fsp3) is 0.529. The van der Waals surface area contributed by atoms with Gasteiger partial charge in [-0.3, -0.25) is 0 Å². The number of carbonyl (C=O) groups is 1. The van der Waals surface area contributed by atoms with E-state index in [9.17, 15) is 4.79 Å². The molecule has 2 fully saturated rings. The Morgan fingerprint density at radius 2 is 2.00 bits per heavy atom. The lowest BCUT2D eigenvalue weighted by Gasteiger charge is -2.35. The van der Waals surface area contributed by atoms with Crippen LogP contribution in [0.5, 0.6) is 0 Å². The number of aromatic nitrogens is 2. The monoisotopic (exact) mass is 299 g/mol. The van der Waals surface area contributed by atoms with Crippen LogP contribution in [-0.2, 0) is 4.74 Å². The van der Waals surface area contributed by atoms with E-state index < -0.39 is 0 Å². The van der Waals surface area contributed by atoms with E-state index in [1.54, 1.807) is 10.7 Å². The van der Waals surface area contributed by atoms with Gasteiger partial charge in [-0.15, -0.1) is 0 Å². The second-order valence-electron chi connectivity index (χ2n) is 6.64. The molecule has 0 aliphatic carbocycles. The van der Waals surface area contributed by atoms with Crippen LogP contribution >= 0.6 is 0 Å². The van der Waals surface area contributed by atoms with E-state index in [0.29, 0.717) is 17.6 Å². The van der Waals surface area contributed by atoms with Crippen LogP contribution in [-0.4, -0.2) is 45.7 Å². The van der Waals surface area contributed by atoms with Crippen LogP contribution in [0.15, 0.2) is 24.5 Å². The first-order valence-electron chi connectivity index (χ1n) is 7.99. The van der Waals surface area contributed by atoms with Gasteiger partial charge in [-0.25, -0.2) is 9.31 Å². The van der Waals surface area contributed by atoms with Crippen molar-refractivity contribution < 1.29 is 9.53 Å². The number of ether oxygens (including phenoxy) is 1. The van der Waals surface area contributed by atoms with Crippen molar-refractivity contribution in [2.24, 2.45) is 0 Å². The summed E-state index contributed by atoms with van der Waals surface area (Å²) in [5.41, 5.74) is 2.49. The summed E-state index contributed by atoms with van der Waals surface area (Å²) in [6, 6.07) is 5.06. The Balaban J connectivity index is 1.52. The number of fused-ring (bicyclic) bond motifs is 3. The Labute approximate surface area is 129 Å². The predicted octanol–water partition coefficient (Wildman–Crippen LogP) is 2.42. The van der Waals surface area contributed by atoms with Crippen LogP contribution in [0, 0.1) is 6.92 Å². The van der Waals surface area contributed by atoms with Crippen molar-refractivity contribution in [3.05, 3.63) is 35.7 Å². The maximum Gasteiger partial charge on any atom is 0.342 e. The number of carbonyl (C=O) groups excluding carboxylic acids is 1. The fourth-order valence-electron chi connectivity index (χ4n) is 3.92. The van der Waals surface area contributed by atoms with Gasteiger partial charge in [0.2, 0.25) is 0 Å². The van der Waals surface area contributed by atoms with Crippen LogP contribution in [0.2, 0.25) is 0 Å². The van der Waals surface area contributed by atoms with Crippen molar-refractivity contribution in [1.29, 1.82) is 0 Å². The highest BCUT2D eigenvalue weighted by Crippen LogP contribution is 2.35. The van der Waals surface area contributed by atoms with Crippen LogP contribution < -0.4 is 0 Å². The van der Waals surface area contributed by atoms with Crippen molar-refractivity contribution in [3.8, 4) is 0 Å². The molecule has 2 aromatic rings. The lowest BCUT2D eigenvalue weighted by Crippen LogP contribution is -2.43. The average molecular weight is 299 g/mol. The molecule has 0 radical (unpaired) electrons. The number of piperidine rings is 1. The highest BCUT2D eigenvalue weighted by atomic mass is 16.5. The Kier molecular flexibility index (Phi) is 3.18. The molecule has 5 nitrogen and oxygen atoms in total. The summed E-state index contributed by atoms with van der Waals surface area (Å²) in [7, 11) is 2.19. The van der Waals surface area contributed by atoms with Crippen molar-refractivity contribution in [2.45, 2.75) is 50.8 Å². The summed E-state index contributed by atoms with van der Waals surface area (Å²) in [6.45, 7) is 2.01. The van der Waals surface area contributed by atoms with Crippen LogP contribution in [0.1, 0.15) is 41.6 Å². The molecule has 0 spiro atoms. The molecule has 0 N–H and O–H groups in total. The number of hydrogen-bond donors (Lipinski definition) is 0. The lowest BCUT2D eigenvalue weighted by atomic mass is 10.0. The number of aryl methyl sites for hydroxylation is 1. The van der Waals surface area contributed by atoms with E-state index in [2.05, 4.69) is 17.0 Å². The third-order valence-corrected chi connectivity index (χ3v) is 5.21. The second kappa shape index (κ2) is 5.09. The van der Waals surface area contributed by atoms with Crippen LogP contribution in [0.4, 0.5) is 0 Å². The van der Waals surface area contributed by atoms with Crippen LogP contribution in [0.3, 0.4) is 0 Å². The quantitative estimate of drug-likeness (QED) is 0.799. The van der Waals surface area contributed by atoms with E-state index in [4.69, 9.17) is 4.74 Å². The molecule has 0 saturated carbocycles. The molecule has 2 aromatic heterocycles. The van der Waals surface area contributed by atoms with Crippen molar-refractivity contribution >= 4 is 11.5 Å². The molecule has 4 heterocycles. The summed E-state index contributed by atoms with van der Waals surface area (Å²) in [5.74, 6) is -0.243. The molecule has 0 amide bonds. The van der Waals surface area contributed by atoms with E-state index in [1.165, 1.54) is 12.8 Å². The predicted molar refractivity (Wildman–Crippen MR) is 82.9 cm³/mol. The standard InChI is InChI=1S/C17H21N3O2/c1-11-3-6-16-15(9-18-20(16)10-11)17(21)22-14-7-12-4-5-13(8-14)19(12)2/h3,6,9-10,12-14H,4-5,7-8H2,1-2H3/t12-,13+,14+. The topological polar surface area (TPSA) is 46.8 Å². The smallest absolute Gasteiger partial charge is 0.342 e. The molecule has 2 aliphatic heterocycles. The Hall–Kier alpha value is -1.88. The summed E-state index contributed by atoms with van der Waals surface area (Å²) >= 11 is 0. The molecular weight excluding hydrogens is 278 g/mol. The molecule has 2 bridgehead atoms. The van der Waals surface area contributed by atoms with Crippen molar-refractivity contribution in [2.75, 3.05) is 7.05 Å². The van der Waals surface area contributed by atoms with Gasteiger partial charge in [0.1, 0.15) is 11.7 Å². The first-order valence-corrected chi connectivity index (χ1v) is 7.99. The highest BCUT2D eigenvalue weighted by Gasteiger charge is 2.40. The number of pyridine rings is 1. The Morgan fingerprint density at radius 3 is 2.73 bits per heavy atom. The van der Waals surface area contributed by atoms with Gasteiger partial charge in [0.15, 0.2) is 0 Å². The number of hydrogen-bond acceptors (Lipinski definition) is 4. The van der Waals surface area contributed by atoms with Gasteiger partial charge in [-0.05, 0) is 38.4 Å². The minimum Gasteiger partial charge on any atom is -0.459 e. The highest BCUT2D eigenvalue weighted by molar-refractivity contribution is 5.96. The minimum absolute atomic E-state index is 0.0431. The van der Waals surface area contributed by atoms with Gasteiger partial charge in [-0.2, -0.15) is 5.10 Å². The lowest BCUT2D eigenvalue weighted by molar-refractivity contribution is -0.000267. The molecule has 2 aliphatic rings. The van der Waals surface area contributed by atoms with Gasteiger partial charge in [0, 0.05) is 31.1 Å². The van der Waals surface area contributed by atoms with Gasteiger partial charge in [0.05, 0.1) is 11.7 Å². The summed E-state index contributed by atoms with van der Waals surface area (Å²) in [4.78, 5) is 14.9. The maximum atomic E-state index is 12.5. The zero-order valence-corrected chi connectivity index (χ0v) is 13.0. The molecule has 0 aromatic carbocycles. The van der Waals surface area contributed by atoms with Gasteiger partial charge >= 0.3 is 5.97 Å². The number of rotatable bonds is 2. The van der Waals surface area contributed by atoms with E-state index in [0.717, 1.165) is 23.9 Å². The van der Waals surface area contributed by atoms with Gasteiger partial charge < -0.3 is 9.64 Å². The normalized spacial score (nSPS) is 28.2. The molecule has 0 unspecified atom stereocenters. The molecular formula is C17H21N3O2. The van der Waals surface area contributed by atoms with E-state index in [-0.39, 0.29) is 12.1 Å².